The second kappa shape index (κ2) is 4.94. The monoisotopic (exact) mass is 215 g/mol. The van der Waals surface area contributed by atoms with Crippen LogP contribution in [0.4, 0.5) is 0 Å². The minimum Gasteiger partial charge on any atom is -0.481 e. The largest absolute Gasteiger partial charge is 0.481 e. The Morgan fingerprint density at radius 3 is 2.53 bits per heavy atom. The van der Waals surface area contributed by atoms with Gasteiger partial charge in [-0.05, 0) is 25.8 Å². The topological polar surface area (TPSA) is 60.8 Å². The van der Waals surface area contributed by atoms with E-state index in [4.69, 9.17) is 5.11 Å². The summed E-state index contributed by atoms with van der Waals surface area (Å²) in [6.07, 6.45) is 0.625. The molecule has 0 radical (unpaired) electrons. The van der Waals surface area contributed by atoms with Gasteiger partial charge in [-0.1, -0.05) is 13.8 Å². The van der Waals surface area contributed by atoms with Gasteiger partial charge in [-0.25, -0.2) is 0 Å². The SMILES string of the molecule is CC1CCN(C(C)C(C)C(=O)O)CC1O. The maximum Gasteiger partial charge on any atom is 0.307 e. The van der Waals surface area contributed by atoms with E-state index in [1.807, 2.05) is 13.8 Å². The first-order chi connectivity index (χ1) is 6.93. The molecule has 0 spiro atoms. The van der Waals surface area contributed by atoms with E-state index in [9.17, 15) is 9.90 Å². The average molecular weight is 215 g/mol. The molecule has 2 N–H and O–H groups in total. The fourth-order valence-corrected chi connectivity index (χ4v) is 1.97. The quantitative estimate of drug-likeness (QED) is 0.731. The second-order valence-electron chi connectivity index (χ2n) is 4.70. The van der Waals surface area contributed by atoms with Gasteiger partial charge in [-0.3, -0.25) is 9.69 Å². The van der Waals surface area contributed by atoms with Gasteiger partial charge in [0.05, 0.1) is 12.0 Å². The minimum absolute atomic E-state index is 0.00958. The molecule has 1 fully saturated rings. The molecule has 0 saturated carbocycles. The highest BCUT2D eigenvalue weighted by Gasteiger charge is 2.31. The van der Waals surface area contributed by atoms with Crippen LogP contribution < -0.4 is 0 Å². The van der Waals surface area contributed by atoms with Gasteiger partial charge in [0.2, 0.25) is 0 Å². The number of rotatable bonds is 3. The molecule has 15 heavy (non-hydrogen) atoms. The number of carbonyl (C=O) groups is 1. The zero-order valence-corrected chi connectivity index (χ0v) is 9.68. The van der Waals surface area contributed by atoms with Crippen molar-refractivity contribution in [2.45, 2.75) is 39.3 Å². The van der Waals surface area contributed by atoms with Gasteiger partial charge in [-0.15, -0.1) is 0 Å². The lowest BCUT2D eigenvalue weighted by molar-refractivity contribution is -0.144. The molecule has 0 aromatic carbocycles. The van der Waals surface area contributed by atoms with Crippen LogP contribution in [0.3, 0.4) is 0 Å². The summed E-state index contributed by atoms with van der Waals surface area (Å²) in [4.78, 5) is 12.9. The number of β-amino-alcohol motifs (C(OH)–C–C–N with tert-alkyl or cyclic N) is 1. The normalized spacial score (nSPS) is 32.3. The third-order valence-corrected chi connectivity index (χ3v) is 3.64. The van der Waals surface area contributed by atoms with Crippen molar-refractivity contribution in [1.82, 2.24) is 4.90 Å². The van der Waals surface area contributed by atoms with Crippen LogP contribution in [0.2, 0.25) is 0 Å². The Bertz CT molecular complexity index is 232. The summed E-state index contributed by atoms with van der Waals surface area (Å²) in [6, 6.07) is -0.00958. The van der Waals surface area contributed by atoms with Crippen molar-refractivity contribution in [3.8, 4) is 0 Å². The fourth-order valence-electron chi connectivity index (χ4n) is 1.97. The van der Waals surface area contributed by atoms with Crippen LogP contribution in [0, 0.1) is 11.8 Å². The molecule has 0 amide bonds. The number of aliphatic carboxylic acids is 1. The lowest BCUT2D eigenvalue weighted by Gasteiger charge is -2.39. The number of hydrogen-bond acceptors (Lipinski definition) is 3. The molecular formula is C11H21NO3. The summed E-state index contributed by atoms with van der Waals surface area (Å²) >= 11 is 0. The lowest BCUT2D eigenvalue weighted by atomic mass is 9.92. The first kappa shape index (κ1) is 12.5. The second-order valence-corrected chi connectivity index (χ2v) is 4.70. The molecule has 4 nitrogen and oxygen atoms in total. The fraction of sp³-hybridized carbons (Fsp3) is 0.909. The predicted octanol–water partition coefficient (Wildman–Crippen LogP) is 0.798. The summed E-state index contributed by atoms with van der Waals surface area (Å²) in [5, 5.41) is 18.6. The zero-order chi connectivity index (χ0) is 11.6. The van der Waals surface area contributed by atoms with Crippen molar-refractivity contribution in [3.05, 3.63) is 0 Å². The molecule has 4 atom stereocenters. The number of aliphatic hydroxyl groups is 1. The molecule has 4 heteroatoms. The molecule has 1 rings (SSSR count). The van der Waals surface area contributed by atoms with E-state index in [1.165, 1.54) is 0 Å². The Kier molecular flexibility index (Phi) is 4.11. The van der Waals surface area contributed by atoms with E-state index < -0.39 is 5.97 Å². The number of likely N-dealkylation sites (tertiary alicyclic amines) is 1. The van der Waals surface area contributed by atoms with Gasteiger partial charge < -0.3 is 10.2 Å². The maximum atomic E-state index is 10.8. The molecule has 1 heterocycles. The molecule has 4 unspecified atom stereocenters. The van der Waals surface area contributed by atoms with Crippen LogP contribution in [-0.2, 0) is 4.79 Å². The number of aliphatic hydroxyl groups excluding tert-OH is 1. The van der Waals surface area contributed by atoms with Gasteiger partial charge in [0.25, 0.3) is 0 Å². The van der Waals surface area contributed by atoms with Crippen LogP contribution in [0.15, 0.2) is 0 Å². The van der Waals surface area contributed by atoms with Crippen LogP contribution >= 0.6 is 0 Å². The molecule has 0 aromatic rings. The zero-order valence-electron chi connectivity index (χ0n) is 9.68. The summed E-state index contributed by atoms with van der Waals surface area (Å²) in [7, 11) is 0. The predicted molar refractivity (Wildman–Crippen MR) is 57.6 cm³/mol. The summed E-state index contributed by atoms with van der Waals surface area (Å²) in [5.41, 5.74) is 0. The Morgan fingerprint density at radius 1 is 1.47 bits per heavy atom. The van der Waals surface area contributed by atoms with Crippen molar-refractivity contribution in [2.75, 3.05) is 13.1 Å². The smallest absolute Gasteiger partial charge is 0.307 e. The number of piperidine rings is 1. The van der Waals surface area contributed by atoms with Gasteiger partial charge in [-0.2, -0.15) is 0 Å². The minimum atomic E-state index is -0.768. The van der Waals surface area contributed by atoms with Crippen LogP contribution in [0.1, 0.15) is 27.2 Å². The van der Waals surface area contributed by atoms with E-state index in [0.29, 0.717) is 12.5 Å². The number of hydrogen-bond donors (Lipinski definition) is 2. The molecule has 1 aliphatic rings. The Morgan fingerprint density at radius 2 is 2.07 bits per heavy atom. The molecule has 88 valence electrons. The van der Waals surface area contributed by atoms with Crippen molar-refractivity contribution in [3.63, 3.8) is 0 Å². The van der Waals surface area contributed by atoms with Crippen molar-refractivity contribution in [1.29, 1.82) is 0 Å². The van der Waals surface area contributed by atoms with Crippen LogP contribution in [-0.4, -0.2) is 46.3 Å². The first-order valence-electron chi connectivity index (χ1n) is 5.58. The number of carboxylic acids is 1. The van der Waals surface area contributed by atoms with E-state index in [1.54, 1.807) is 6.92 Å². The van der Waals surface area contributed by atoms with Crippen molar-refractivity contribution < 1.29 is 15.0 Å². The highest BCUT2D eigenvalue weighted by molar-refractivity contribution is 5.70. The summed E-state index contributed by atoms with van der Waals surface area (Å²) < 4.78 is 0. The highest BCUT2D eigenvalue weighted by Crippen LogP contribution is 2.21. The third-order valence-electron chi connectivity index (χ3n) is 3.64. The summed E-state index contributed by atoms with van der Waals surface area (Å²) in [6.45, 7) is 7.16. The highest BCUT2D eigenvalue weighted by atomic mass is 16.4. The lowest BCUT2D eigenvalue weighted by Crippen LogP contribution is -2.49. The molecule has 1 aliphatic heterocycles. The number of carboxylic acid groups (broad SMARTS) is 1. The Balaban J connectivity index is 2.54. The van der Waals surface area contributed by atoms with E-state index in [-0.39, 0.29) is 18.1 Å². The van der Waals surface area contributed by atoms with Crippen molar-refractivity contribution in [2.24, 2.45) is 11.8 Å². The van der Waals surface area contributed by atoms with Crippen molar-refractivity contribution >= 4 is 5.97 Å². The first-order valence-corrected chi connectivity index (χ1v) is 5.58. The molecule has 0 aliphatic carbocycles. The maximum absolute atomic E-state index is 10.8. The Hall–Kier alpha value is -0.610. The van der Waals surface area contributed by atoms with Gasteiger partial charge >= 0.3 is 5.97 Å². The van der Waals surface area contributed by atoms with Crippen LogP contribution in [0.5, 0.6) is 0 Å². The van der Waals surface area contributed by atoms with E-state index in [2.05, 4.69) is 4.90 Å². The van der Waals surface area contributed by atoms with Gasteiger partial charge in [0.15, 0.2) is 0 Å². The van der Waals surface area contributed by atoms with E-state index >= 15 is 0 Å². The molecule has 1 saturated heterocycles. The molecular weight excluding hydrogens is 194 g/mol. The third kappa shape index (κ3) is 2.92. The Labute approximate surface area is 90.9 Å². The summed E-state index contributed by atoms with van der Waals surface area (Å²) in [5.74, 6) is -0.824. The standard InChI is InChI=1S/C11H21NO3/c1-7-4-5-12(6-10(7)13)9(3)8(2)11(14)15/h7-10,13H,4-6H2,1-3H3,(H,14,15). The van der Waals surface area contributed by atoms with Gasteiger partial charge in [0, 0.05) is 12.6 Å². The van der Waals surface area contributed by atoms with E-state index in [0.717, 1.165) is 13.0 Å². The number of nitrogens with zero attached hydrogens (tertiary/aromatic N) is 1. The molecule has 0 bridgehead atoms. The molecule has 0 aromatic heterocycles. The average Bonchev–Trinajstić information content (AvgIpc) is 2.19. The van der Waals surface area contributed by atoms with Crippen LogP contribution in [0.25, 0.3) is 0 Å². The van der Waals surface area contributed by atoms with Gasteiger partial charge in [0.1, 0.15) is 0 Å².